The highest BCUT2D eigenvalue weighted by Gasteiger charge is 2.29. The molecule has 0 bridgehead atoms. The number of ether oxygens (including phenoxy) is 1. The number of aryl methyl sites for hydroxylation is 1. The third-order valence-electron chi connectivity index (χ3n) is 4.19. The molecule has 4 nitrogen and oxygen atoms in total. The lowest BCUT2D eigenvalue weighted by Gasteiger charge is -2.31. The molecular weight excluding hydrogens is 262 g/mol. The molecule has 2 heterocycles. The summed E-state index contributed by atoms with van der Waals surface area (Å²) in [6, 6.07) is 10.7. The standard InChI is InChI=1S/C17H23N3O/c1-3-10-20-15(8-9-19-20)17(18-2)14-11-13-6-4-5-7-16(13)21-12-14/h4-9,14,17-18H,3,10-12H2,1-2H3. The van der Waals surface area contributed by atoms with E-state index in [0.717, 1.165) is 31.7 Å². The van der Waals surface area contributed by atoms with Crippen molar-refractivity contribution in [2.45, 2.75) is 32.4 Å². The largest absolute Gasteiger partial charge is 0.493 e. The summed E-state index contributed by atoms with van der Waals surface area (Å²) in [5.41, 5.74) is 2.56. The number of nitrogens with zero attached hydrogens (tertiary/aromatic N) is 2. The van der Waals surface area contributed by atoms with E-state index in [9.17, 15) is 0 Å². The van der Waals surface area contributed by atoms with E-state index in [2.05, 4.69) is 46.3 Å². The molecule has 0 saturated heterocycles. The van der Waals surface area contributed by atoms with Gasteiger partial charge < -0.3 is 10.1 Å². The molecule has 3 rings (SSSR count). The second-order valence-corrected chi connectivity index (χ2v) is 5.63. The Labute approximate surface area is 126 Å². The van der Waals surface area contributed by atoms with Crippen LogP contribution in [0, 0.1) is 5.92 Å². The van der Waals surface area contributed by atoms with Crippen LogP contribution in [-0.2, 0) is 13.0 Å². The maximum atomic E-state index is 5.95. The third-order valence-corrected chi connectivity index (χ3v) is 4.19. The van der Waals surface area contributed by atoms with Gasteiger partial charge in [0.2, 0.25) is 0 Å². The van der Waals surface area contributed by atoms with Gasteiger partial charge in [-0.2, -0.15) is 5.10 Å². The van der Waals surface area contributed by atoms with Crippen LogP contribution in [0.5, 0.6) is 5.75 Å². The number of hydrogen-bond donors (Lipinski definition) is 1. The zero-order valence-corrected chi connectivity index (χ0v) is 12.7. The Morgan fingerprint density at radius 2 is 2.24 bits per heavy atom. The summed E-state index contributed by atoms with van der Waals surface area (Å²) < 4.78 is 8.06. The molecule has 0 amide bonds. The Balaban J connectivity index is 1.83. The number of aromatic nitrogens is 2. The molecule has 1 aliphatic rings. The predicted octanol–water partition coefficient (Wildman–Crippen LogP) is 2.80. The molecule has 1 aliphatic heterocycles. The molecule has 0 saturated carbocycles. The number of para-hydroxylation sites is 1. The van der Waals surface area contributed by atoms with Gasteiger partial charge in [0.25, 0.3) is 0 Å². The molecule has 1 aromatic carbocycles. The van der Waals surface area contributed by atoms with Crippen LogP contribution in [0.2, 0.25) is 0 Å². The van der Waals surface area contributed by atoms with E-state index >= 15 is 0 Å². The van der Waals surface area contributed by atoms with E-state index in [-0.39, 0.29) is 6.04 Å². The van der Waals surface area contributed by atoms with E-state index in [0.29, 0.717) is 5.92 Å². The van der Waals surface area contributed by atoms with Gasteiger partial charge >= 0.3 is 0 Å². The Bertz CT molecular complexity index is 593. The van der Waals surface area contributed by atoms with Gasteiger partial charge in [0.05, 0.1) is 18.3 Å². The smallest absolute Gasteiger partial charge is 0.122 e. The highest BCUT2D eigenvalue weighted by atomic mass is 16.5. The van der Waals surface area contributed by atoms with E-state index in [1.165, 1.54) is 11.3 Å². The minimum Gasteiger partial charge on any atom is -0.493 e. The summed E-state index contributed by atoms with van der Waals surface area (Å²) in [6.45, 7) is 3.89. The van der Waals surface area contributed by atoms with Crippen molar-refractivity contribution in [3.8, 4) is 5.75 Å². The third kappa shape index (κ3) is 2.81. The van der Waals surface area contributed by atoms with Crippen molar-refractivity contribution >= 4 is 0 Å². The van der Waals surface area contributed by atoms with Gasteiger partial charge in [-0.25, -0.2) is 0 Å². The fourth-order valence-electron chi connectivity index (χ4n) is 3.20. The van der Waals surface area contributed by atoms with Gasteiger partial charge in [0.15, 0.2) is 0 Å². The average Bonchev–Trinajstić information content (AvgIpc) is 2.97. The molecule has 0 fully saturated rings. The summed E-state index contributed by atoms with van der Waals surface area (Å²) in [7, 11) is 2.02. The zero-order chi connectivity index (χ0) is 14.7. The number of fused-ring (bicyclic) bond motifs is 1. The molecule has 4 heteroatoms. The molecule has 0 radical (unpaired) electrons. The maximum Gasteiger partial charge on any atom is 0.122 e. The van der Waals surface area contributed by atoms with Crippen LogP contribution < -0.4 is 10.1 Å². The Hall–Kier alpha value is -1.81. The molecule has 0 aliphatic carbocycles. The van der Waals surface area contributed by atoms with Crippen LogP contribution in [-0.4, -0.2) is 23.4 Å². The summed E-state index contributed by atoms with van der Waals surface area (Å²) >= 11 is 0. The predicted molar refractivity (Wildman–Crippen MR) is 83.4 cm³/mol. The van der Waals surface area contributed by atoms with Gasteiger partial charge in [-0.3, -0.25) is 4.68 Å². The first-order chi connectivity index (χ1) is 10.3. The molecule has 0 spiro atoms. The van der Waals surface area contributed by atoms with E-state index < -0.39 is 0 Å². The first-order valence-electron chi connectivity index (χ1n) is 7.73. The fraction of sp³-hybridized carbons (Fsp3) is 0.471. The van der Waals surface area contributed by atoms with E-state index in [4.69, 9.17) is 4.74 Å². The fourth-order valence-corrected chi connectivity index (χ4v) is 3.20. The van der Waals surface area contributed by atoms with Gasteiger partial charge in [-0.15, -0.1) is 0 Å². The number of nitrogens with one attached hydrogen (secondary N) is 1. The van der Waals surface area contributed by atoms with E-state index in [1.807, 2.05) is 19.3 Å². The molecule has 112 valence electrons. The van der Waals surface area contributed by atoms with Crippen LogP contribution in [0.1, 0.15) is 30.6 Å². The van der Waals surface area contributed by atoms with Crippen molar-refractivity contribution in [3.05, 3.63) is 47.8 Å². The Morgan fingerprint density at radius 3 is 3.05 bits per heavy atom. The van der Waals surface area contributed by atoms with Gasteiger partial charge in [-0.1, -0.05) is 25.1 Å². The second-order valence-electron chi connectivity index (χ2n) is 5.63. The normalized spacial score (nSPS) is 18.9. The van der Waals surface area contributed by atoms with Crippen LogP contribution in [0.25, 0.3) is 0 Å². The molecular formula is C17H23N3O. The topological polar surface area (TPSA) is 39.1 Å². The zero-order valence-electron chi connectivity index (χ0n) is 12.7. The monoisotopic (exact) mass is 285 g/mol. The van der Waals surface area contributed by atoms with Crippen molar-refractivity contribution in [1.82, 2.24) is 15.1 Å². The molecule has 1 aromatic heterocycles. The molecule has 21 heavy (non-hydrogen) atoms. The summed E-state index contributed by atoms with van der Waals surface area (Å²) in [4.78, 5) is 0. The molecule has 2 unspecified atom stereocenters. The van der Waals surface area contributed by atoms with Gasteiger partial charge in [-0.05, 0) is 37.6 Å². The SMILES string of the molecule is CCCn1nccc1C(NC)C1COc2ccccc2C1. The highest BCUT2D eigenvalue weighted by molar-refractivity contribution is 5.35. The van der Waals surface area contributed by atoms with Crippen molar-refractivity contribution in [2.24, 2.45) is 5.92 Å². The maximum absolute atomic E-state index is 5.95. The number of benzene rings is 1. The van der Waals surface area contributed by atoms with Crippen LogP contribution in [0.4, 0.5) is 0 Å². The lowest BCUT2D eigenvalue weighted by Crippen LogP contribution is -2.35. The van der Waals surface area contributed by atoms with Crippen molar-refractivity contribution in [3.63, 3.8) is 0 Å². The van der Waals surface area contributed by atoms with E-state index in [1.54, 1.807) is 0 Å². The minimum atomic E-state index is 0.271. The molecule has 1 N–H and O–H groups in total. The molecule has 2 atom stereocenters. The average molecular weight is 285 g/mol. The summed E-state index contributed by atoms with van der Waals surface area (Å²) in [5.74, 6) is 1.46. The van der Waals surface area contributed by atoms with Crippen molar-refractivity contribution in [2.75, 3.05) is 13.7 Å². The first kappa shape index (κ1) is 14.1. The highest BCUT2D eigenvalue weighted by Crippen LogP contribution is 2.33. The van der Waals surface area contributed by atoms with Crippen LogP contribution >= 0.6 is 0 Å². The summed E-state index contributed by atoms with van der Waals surface area (Å²) in [6.07, 6.45) is 4.03. The minimum absolute atomic E-state index is 0.271. The summed E-state index contributed by atoms with van der Waals surface area (Å²) in [5, 5.41) is 7.91. The second kappa shape index (κ2) is 6.31. The Kier molecular flexibility index (Phi) is 4.25. The number of hydrogen-bond acceptors (Lipinski definition) is 3. The van der Waals surface area contributed by atoms with Gasteiger partial charge in [0.1, 0.15) is 5.75 Å². The molecule has 2 aromatic rings. The van der Waals surface area contributed by atoms with Crippen LogP contribution in [0.15, 0.2) is 36.5 Å². The number of rotatable bonds is 5. The van der Waals surface area contributed by atoms with Crippen molar-refractivity contribution < 1.29 is 4.74 Å². The van der Waals surface area contributed by atoms with Crippen molar-refractivity contribution in [1.29, 1.82) is 0 Å². The quantitative estimate of drug-likeness (QED) is 0.918. The Morgan fingerprint density at radius 1 is 1.38 bits per heavy atom. The van der Waals surface area contributed by atoms with Gasteiger partial charge in [0, 0.05) is 18.7 Å². The lowest BCUT2D eigenvalue weighted by atomic mass is 9.88. The van der Waals surface area contributed by atoms with Crippen LogP contribution in [0.3, 0.4) is 0 Å². The lowest BCUT2D eigenvalue weighted by molar-refractivity contribution is 0.184. The first-order valence-corrected chi connectivity index (χ1v) is 7.73.